The van der Waals surface area contributed by atoms with Crippen molar-refractivity contribution in [2.45, 2.75) is 43.7 Å². The first-order valence-electron chi connectivity index (χ1n) is 10.3. The first-order chi connectivity index (χ1) is 15.6. The molecule has 1 aromatic carbocycles. The number of benzene rings is 1. The predicted octanol–water partition coefficient (Wildman–Crippen LogP) is 0.461. The molecule has 176 valence electrons. The van der Waals surface area contributed by atoms with Crippen molar-refractivity contribution in [1.82, 2.24) is 5.32 Å². The number of non-ortho nitro benzene ring substituents is 1. The average molecular weight is 460 g/mol. The van der Waals surface area contributed by atoms with Gasteiger partial charge < -0.3 is 29.7 Å². The molecule has 33 heavy (non-hydrogen) atoms. The molecule has 0 spiro atoms. The molecule has 1 unspecified atom stereocenters. The summed E-state index contributed by atoms with van der Waals surface area (Å²) in [5.74, 6) is -2.55. The van der Waals surface area contributed by atoms with E-state index < -0.39 is 53.1 Å². The number of dihydropyridines is 1. The smallest absolute Gasteiger partial charge is 0.336 e. The lowest BCUT2D eigenvalue weighted by molar-refractivity contribution is -0.384. The number of nitro groups is 1. The van der Waals surface area contributed by atoms with Crippen LogP contribution in [0.5, 0.6) is 0 Å². The molecule has 11 nitrogen and oxygen atoms in total. The van der Waals surface area contributed by atoms with Crippen LogP contribution >= 0.6 is 0 Å². The molecule has 3 heterocycles. The molecule has 2 saturated heterocycles. The minimum atomic E-state index is -2.12. The molecule has 2 fully saturated rings. The Morgan fingerprint density at radius 2 is 1.94 bits per heavy atom. The summed E-state index contributed by atoms with van der Waals surface area (Å²) < 4.78 is 15.9. The standard InChI is InChI=1S/C22H24N2O9/c1-10-15(19(26)22(28)9-33-18-14(25)8-32-20(18)22)17(16(11(2)23-10)21(27)31-3)12-5-4-6-13(7-12)24(29)30/h4-7,14,17-18,20,23,25,28H,8-9H2,1-3H3/t14-,17?,18-,20+,22-/m1/s1. The van der Waals surface area contributed by atoms with Crippen LogP contribution in [-0.4, -0.2) is 71.1 Å². The van der Waals surface area contributed by atoms with Crippen LogP contribution in [0.4, 0.5) is 5.69 Å². The Morgan fingerprint density at radius 3 is 2.61 bits per heavy atom. The Kier molecular flexibility index (Phi) is 5.83. The molecule has 0 aromatic heterocycles. The maximum Gasteiger partial charge on any atom is 0.336 e. The number of nitrogens with one attached hydrogen (secondary N) is 1. The first-order valence-corrected chi connectivity index (χ1v) is 10.3. The van der Waals surface area contributed by atoms with Gasteiger partial charge in [0, 0.05) is 35.0 Å². The van der Waals surface area contributed by atoms with E-state index in [0.29, 0.717) is 17.0 Å². The third-order valence-corrected chi connectivity index (χ3v) is 6.31. The van der Waals surface area contributed by atoms with Crippen molar-refractivity contribution in [1.29, 1.82) is 0 Å². The molecular weight excluding hydrogens is 436 g/mol. The minimum Gasteiger partial charge on any atom is -0.466 e. The number of aliphatic hydroxyl groups excluding tert-OH is 1. The number of nitrogens with zero attached hydrogens (tertiary/aromatic N) is 1. The Balaban J connectivity index is 1.86. The second kappa shape index (κ2) is 8.34. The van der Waals surface area contributed by atoms with Gasteiger partial charge in [-0.25, -0.2) is 4.79 Å². The zero-order valence-electron chi connectivity index (χ0n) is 18.2. The van der Waals surface area contributed by atoms with Gasteiger partial charge in [0.15, 0.2) is 11.4 Å². The van der Waals surface area contributed by atoms with Gasteiger partial charge in [0.25, 0.3) is 5.69 Å². The van der Waals surface area contributed by atoms with Crippen molar-refractivity contribution in [3.8, 4) is 0 Å². The highest BCUT2D eigenvalue weighted by atomic mass is 16.6. The van der Waals surface area contributed by atoms with E-state index in [4.69, 9.17) is 14.2 Å². The topological polar surface area (TPSA) is 157 Å². The van der Waals surface area contributed by atoms with Crippen LogP contribution in [0.25, 0.3) is 0 Å². The van der Waals surface area contributed by atoms with Gasteiger partial charge in [-0.3, -0.25) is 14.9 Å². The number of Topliss-reactive ketones (excluding diaryl/α,β-unsaturated/α-hetero) is 1. The van der Waals surface area contributed by atoms with Gasteiger partial charge in [-0.15, -0.1) is 0 Å². The summed E-state index contributed by atoms with van der Waals surface area (Å²) in [7, 11) is 1.19. The fourth-order valence-electron chi connectivity index (χ4n) is 4.76. The van der Waals surface area contributed by atoms with E-state index in [-0.39, 0.29) is 23.4 Å². The number of allylic oxidation sites excluding steroid dienone is 2. The number of ketones is 1. The maximum atomic E-state index is 13.8. The molecule has 4 rings (SSSR count). The Bertz CT molecular complexity index is 1100. The van der Waals surface area contributed by atoms with Crippen LogP contribution in [0.2, 0.25) is 0 Å². The molecule has 0 amide bonds. The second-order valence-electron chi connectivity index (χ2n) is 8.33. The fraction of sp³-hybridized carbons (Fsp3) is 0.455. The molecule has 11 heteroatoms. The van der Waals surface area contributed by atoms with Crippen molar-refractivity contribution in [2.24, 2.45) is 0 Å². The number of methoxy groups -OCH3 is 1. The molecule has 5 atom stereocenters. The van der Waals surface area contributed by atoms with Gasteiger partial charge in [-0.2, -0.15) is 0 Å². The number of carbonyl (C=O) groups is 2. The van der Waals surface area contributed by atoms with Gasteiger partial charge >= 0.3 is 5.97 Å². The van der Waals surface area contributed by atoms with Crippen LogP contribution in [0.3, 0.4) is 0 Å². The summed E-state index contributed by atoms with van der Waals surface area (Å²) in [5, 5.41) is 35.8. The van der Waals surface area contributed by atoms with Crippen LogP contribution in [-0.2, 0) is 23.8 Å². The number of esters is 1. The van der Waals surface area contributed by atoms with E-state index in [1.165, 1.54) is 25.3 Å². The molecule has 0 radical (unpaired) electrons. The van der Waals surface area contributed by atoms with Crippen LogP contribution < -0.4 is 5.32 Å². The number of nitro benzene ring substituents is 1. The minimum absolute atomic E-state index is 0.0261. The molecule has 1 aromatic rings. The third-order valence-electron chi connectivity index (χ3n) is 6.31. The van der Waals surface area contributed by atoms with E-state index in [9.17, 15) is 29.9 Å². The van der Waals surface area contributed by atoms with Gasteiger partial charge in [0.05, 0.1) is 30.8 Å². The number of hydrogen-bond donors (Lipinski definition) is 3. The average Bonchev–Trinajstić information content (AvgIpc) is 3.33. The SMILES string of the molecule is COC(=O)C1=C(C)NC(C)=C(C(=O)[C@]2(O)CO[C@@H]3[C@H](O)CO[C@@H]32)C1c1cccc([N+](=O)[O-])c1. The Labute approximate surface area is 188 Å². The summed E-state index contributed by atoms with van der Waals surface area (Å²) in [4.78, 5) is 37.4. The number of hydrogen-bond acceptors (Lipinski definition) is 10. The molecule has 3 aliphatic rings. The second-order valence-corrected chi connectivity index (χ2v) is 8.33. The van der Waals surface area contributed by atoms with Crippen molar-refractivity contribution in [2.75, 3.05) is 20.3 Å². The van der Waals surface area contributed by atoms with Crippen LogP contribution in [0.1, 0.15) is 25.3 Å². The van der Waals surface area contributed by atoms with Gasteiger partial charge in [0.2, 0.25) is 0 Å². The number of carbonyl (C=O) groups excluding carboxylic acids is 2. The molecule has 0 bridgehead atoms. The summed E-state index contributed by atoms with van der Waals surface area (Å²) in [5.41, 5.74) is -1.16. The zero-order chi connectivity index (χ0) is 24.1. The summed E-state index contributed by atoms with van der Waals surface area (Å²) in [6.45, 7) is 2.73. The molecule has 0 saturated carbocycles. The number of rotatable bonds is 5. The molecule has 3 N–H and O–H groups in total. The van der Waals surface area contributed by atoms with Crippen LogP contribution in [0, 0.1) is 10.1 Å². The van der Waals surface area contributed by atoms with E-state index in [0.717, 1.165) is 0 Å². The molecular formula is C22H24N2O9. The highest BCUT2D eigenvalue weighted by molar-refractivity contribution is 6.08. The van der Waals surface area contributed by atoms with E-state index in [2.05, 4.69) is 5.32 Å². The highest BCUT2D eigenvalue weighted by Crippen LogP contribution is 2.44. The van der Waals surface area contributed by atoms with Crippen molar-refractivity contribution in [3.05, 3.63) is 62.5 Å². The van der Waals surface area contributed by atoms with Crippen LogP contribution in [0.15, 0.2) is 46.8 Å². The lowest BCUT2D eigenvalue weighted by atomic mass is 9.74. The van der Waals surface area contributed by atoms with Crippen molar-refractivity contribution in [3.63, 3.8) is 0 Å². The summed E-state index contributed by atoms with van der Waals surface area (Å²) in [6, 6.07) is 5.60. The van der Waals surface area contributed by atoms with E-state index in [1.807, 2.05) is 0 Å². The lowest BCUT2D eigenvalue weighted by Gasteiger charge is -2.34. The Morgan fingerprint density at radius 1 is 1.24 bits per heavy atom. The largest absolute Gasteiger partial charge is 0.466 e. The highest BCUT2D eigenvalue weighted by Gasteiger charge is 2.61. The lowest BCUT2D eigenvalue weighted by Crippen LogP contribution is -2.52. The van der Waals surface area contributed by atoms with E-state index in [1.54, 1.807) is 19.9 Å². The Hall–Kier alpha value is -3.12. The van der Waals surface area contributed by atoms with Gasteiger partial charge in [-0.1, -0.05) is 12.1 Å². The summed E-state index contributed by atoms with van der Waals surface area (Å²) in [6.07, 6.45) is -2.96. The summed E-state index contributed by atoms with van der Waals surface area (Å²) >= 11 is 0. The number of aliphatic hydroxyl groups is 2. The van der Waals surface area contributed by atoms with Crippen molar-refractivity contribution < 1.29 is 38.9 Å². The zero-order valence-corrected chi connectivity index (χ0v) is 18.2. The molecule has 0 aliphatic carbocycles. The van der Waals surface area contributed by atoms with Gasteiger partial charge in [-0.05, 0) is 19.4 Å². The van der Waals surface area contributed by atoms with Gasteiger partial charge in [0.1, 0.15) is 18.3 Å². The number of ether oxygens (including phenoxy) is 3. The quantitative estimate of drug-likeness (QED) is 0.320. The first kappa shape index (κ1) is 23.1. The predicted molar refractivity (Wildman–Crippen MR) is 112 cm³/mol. The molecule has 3 aliphatic heterocycles. The fourth-order valence-corrected chi connectivity index (χ4v) is 4.76. The monoisotopic (exact) mass is 460 g/mol. The maximum absolute atomic E-state index is 13.8. The number of fused-ring (bicyclic) bond motifs is 1. The third kappa shape index (κ3) is 3.62. The normalized spacial score (nSPS) is 31.3. The van der Waals surface area contributed by atoms with E-state index >= 15 is 0 Å². The van der Waals surface area contributed by atoms with Crippen molar-refractivity contribution >= 4 is 17.4 Å².